The van der Waals surface area contributed by atoms with E-state index in [-0.39, 0.29) is 35.7 Å². The van der Waals surface area contributed by atoms with Crippen molar-refractivity contribution in [2.75, 3.05) is 0 Å². The van der Waals surface area contributed by atoms with Crippen LogP contribution in [0, 0.1) is 52.5 Å². The normalized spacial score (nSPS) is 16.7. The van der Waals surface area contributed by atoms with E-state index in [4.69, 9.17) is 0 Å². The van der Waals surface area contributed by atoms with Crippen molar-refractivity contribution >= 4 is 0 Å². The van der Waals surface area contributed by atoms with Gasteiger partial charge in [-0.1, -0.05) is 32.6 Å². The lowest BCUT2D eigenvalue weighted by Crippen LogP contribution is -2.26. The number of alkyl halides is 4. The maximum atomic E-state index is 15.1. The van der Waals surface area contributed by atoms with Crippen molar-refractivity contribution in [2.45, 2.75) is 76.4 Å². The first-order valence-electron chi connectivity index (χ1n) is 16.1. The van der Waals surface area contributed by atoms with Crippen molar-refractivity contribution in [3.8, 4) is 22.6 Å². The molecule has 0 aromatic heterocycles. The lowest BCUT2D eigenvalue weighted by Gasteiger charge is -2.29. The smallest absolute Gasteiger partial charge is 0.429 e. The molecule has 14 heteroatoms. The van der Waals surface area contributed by atoms with E-state index in [1.165, 1.54) is 0 Å². The number of hydrogen-bond donors (Lipinski definition) is 0. The highest BCUT2D eigenvalue weighted by molar-refractivity contribution is 5.66. The zero-order chi connectivity index (χ0) is 37.2. The van der Waals surface area contributed by atoms with Gasteiger partial charge in [0.2, 0.25) is 0 Å². The van der Waals surface area contributed by atoms with Crippen LogP contribution in [-0.4, -0.2) is 0 Å². The average molecular weight is 735 g/mol. The van der Waals surface area contributed by atoms with Crippen LogP contribution in [0.1, 0.15) is 80.9 Å². The Morgan fingerprint density at radius 3 is 1.57 bits per heavy atom. The molecule has 1 saturated carbocycles. The Morgan fingerprint density at radius 1 is 0.569 bits per heavy atom. The molecule has 0 unspecified atom stereocenters. The van der Waals surface area contributed by atoms with E-state index in [1.54, 1.807) is 0 Å². The quantitative estimate of drug-likeness (QED) is 0.0820. The van der Waals surface area contributed by atoms with Crippen LogP contribution in [0.3, 0.4) is 0 Å². The summed E-state index contributed by atoms with van der Waals surface area (Å²) in [5.41, 5.74) is -4.93. The Bertz CT molecular complexity index is 1820. The second-order valence-corrected chi connectivity index (χ2v) is 12.5. The molecule has 1 aliphatic carbocycles. The lowest BCUT2D eigenvalue weighted by atomic mass is 9.77. The molecule has 2 nitrogen and oxygen atoms in total. The molecule has 0 N–H and O–H groups in total. The highest BCUT2D eigenvalue weighted by atomic mass is 19.3. The molecule has 274 valence electrons. The lowest BCUT2D eigenvalue weighted by molar-refractivity contribution is -0.190. The fraction of sp³-hybridized carbons (Fsp3) is 0.351. The minimum atomic E-state index is -4.92. The van der Waals surface area contributed by atoms with Gasteiger partial charge in [-0.2, -0.15) is 17.6 Å². The Kier molecular flexibility index (Phi) is 11.2. The Labute approximate surface area is 285 Å². The molecule has 0 amide bonds. The average Bonchev–Trinajstić information content (AvgIpc) is 3.02. The van der Waals surface area contributed by atoms with E-state index in [9.17, 15) is 30.7 Å². The highest BCUT2D eigenvalue weighted by Gasteiger charge is 2.43. The third-order valence-corrected chi connectivity index (χ3v) is 8.92. The molecule has 0 heterocycles. The molecular weight excluding hydrogens is 704 g/mol. The van der Waals surface area contributed by atoms with Crippen molar-refractivity contribution < 1.29 is 62.2 Å². The van der Waals surface area contributed by atoms with Gasteiger partial charge in [0.05, 0.1) is 0 Å². The fourth-order valence-electron chi connectivity index (χ4n) is 6.36. The Balaban J connectivity index is 1.31. The maximum absolute atomic E-state index is 15.1. The molecule has 4 aromatic carbocycles. The van der Waals surface area contributed by atoms with Crippen molar-refractivity contribution in [3.63, 3.8) is 0 Å². The predicted molar refractivity (Wildman–Crippen MR) is 162 cm³/mol. The molecule has 0 spiro atoms. The van der Waals surface area contributed by atoms with Gasteiger partial charge in [0.1, 0.15) is 51.7 Å². The van der Waals surface area contributed by atoms with Gasteiger partial charge in [-0.25, -0.2) is 35.1 Å². The first-order chi connectivity index (χ1) is 24.0. The standard InChI is InChI=1S/C37H30F12O2/c1-2-3-4-5-19-6-8-20(9-7-19)21-12-27(39)33(28(40)13-21)36(46,47)50-23-10-11-25(26(38)16-23)22-14-29(41)34(30(42)15-22)37(48,49)51-24-17-31(43)35(45)32(44)18-24/h10-20H,2-9H2,1H3. The number of rotatable bonds is 12. The second kappa shape index (κ2) is 15.1. The molecule has 4 aromatic rings. The van der Waals surface area contributed by atoms with Gasteiger partial charge in [-0.05, 0) is 85.0 Å². The molecule has 0 bridgehead atoms. The Morgan fingerprint density at radius 2 is 1.06 bits per heavy atom. The van der Waals surface area contributed by atoms with E-state index >= 15 is 22.0 Å². The van der Waals surface area contributed by atoms with Crippen molar-refractivity contribution in [1.82, 2.24) is 0 Å². The van der Waals surface area contributed by atoms with Crippen LogP contribution in [0.15, 0.2) is 54.6 Å². The summed E-state index contributed by atoms with van der Waals surface area (Å²) >= 11 is 0. The molecule has 0 aliphatic heterocycles. The SMILES string of the molecule is CCCCCC1CCC(c2cc(F)c(C(F)(F)Oc3ccc(-c4cc(F)c(C(F)(F)Oc5cc(F)c(F)c(F)c5)c(F)c4)c(F)c3)c(F)c2)CC1. The van der Waals surface area contributed by atoms with E-state index in [1.807, 2.05) is 0 Å². The van der Waals surface area contributed by atoms with Gasteiger partial charge >= 0.3 is 12.2 Å². The van der Waals surface area contributed by atoms with Crippen LogP contribution in [0.5, 0.6) is 11.5 Å². The van der Waals surface area contributed by atoms with Gasteiger partial charge in [0, 0.05) is 23.8 Å². The summed E-state index contributed by atoms with van der Waals surface area (Å²) in [6.07, 6.45) is -2.16. The Hall–Kier alpha value is -4.36. The van der Waals surface area contributed by atoms with E-state index in [0.29, 0.717) is 37.0 Å². The van der Waals surface area contributed by atoms with E-state index < -0.39 is 92.5 Å². The topological polar surface area (TPSA) is 18.5 Å². The second-order valence-electron chi connectivity index (χ2n) is 12.5. The van der Waals surface area contributed by atoms with Crippen LogP contribution in [0.2, 0.25) is 0 Å². The third-order valence-electron chi connectivity index (χ3n) is 8.92. The summed E-state index contributed by atoms with van der Waals surface area (Å²) in [7, 11) is 0. The third kappa shape index (κ3) is 8.41. The van der Waals surface area contributed by atoms with Crippen LogP contribution in [0.4, 0.5) is 52.7 Å². The number of benzene rings is 4. The number of halogens is 12. The minimum Gasteiger partial charge on any atom is -0.429 e. The first kappa shape index (κ1) is 37.9. The molecule has 1 fully saturated rings. The van der Waals surface area contributed by atoms with Crippen LogP contribution in [-0.2, 0) is 12.2 Å². The summed E-state index contributed by atoms with van der Waals surface area (Å²) in [5, 5.41) is 0. The summed E-state index contributed by atoms with van der Waals surface area (Å²) in [4.78, 5) is 0. The van der Waals surface area contributed by atoms with Gasteiger partial charge in [-0.15, -0.1) is 0 Å². The monoisotopic (exact) mass is 734 g/mol. The molecule has 1 aliphatic rings. The van der Waals surface area contributed by atoms with Gasteiger partial charge in [0.15, 0.2) is 17.5 Å². The first-order valence-corrected chi connectivity index (χ1v) is 16.1. The summed E-state index contributed by atoms with van der Waals surface area (Å²) in [6.45, 7) is 2.10. The molecule has 51 heavy (non-hydrogen) atoms. The van der Waals surface area contributed by atoms with Crippen LogP contribution >= 0.6 is 0 Å². The van der Waals surface area contributed by atoms with Gasteiger partial charge in [0.25, 0.3) is 0 Å². The van der Waals surface area contributed by atoms with Gasteiger partial charge in [-0.3, -0.25) is 0 Å². The van der Waals surface area contributed by atoms with Crippen molar-refractivity contribution in [3.05, 3.63) is 118 Å². The highest BCUT2D eigenvalue weighted by Crippen LogP contribution is 2.42. The number of unbranched alkanes of at least 4 members (excludes halogenated alkanes) is 2. The van der Waals surface area contributed by atoms with Crippen LogP contribution < -0.4 is 9.47 Å². The molecule has 0 saturated heterocycles. The van der Waals surface area contributed by atoms with Crippen LogP contribution in [0.25, 0.3) is 11.1 Å². The van der Waals surface area contributed by atoms with Crippen molar-refractivity contribution in [2.24, 2.45) is 5.92 Å². The molecule has 0 radical (unpaired) electrons. The molecular formula is C37H30F12O2. The van der Waals surface area contributed by atoms with E-state index in [0.717, 1.165) is 50.7 Å². The number of ether oxygens (including phenoxy) is 2. The molecule has 5 rings (SSSR count). The maximum Gasteiger partial charge on any atom is 0.432 e. The predicted octanol–water partition coefficient (Wildman–Crippen LogP) is 12.6. The fourth-order valence-corrected chi connectivity index (χ4v) is 6.36. The summed E-state index contributed by atoms with van der Waals surface area (Å²) in [6, 6.07) is 3.87. The zero-order valence-corrected chi connectivity index (χ0v) is 26.9. The summed E-state index contributed by atoms with van der Waals surface area (Å²) < 4.78 is 183. The number of hydrogen-bond acceptors (Lipinski definition) is 2. The van der Waals surface area contributed by atoms with E-state index in [2.05, 4.69) is 16.4 Å². The minimum absolute atomic E-state index is 0.0120. The van der Waals surface area contributed by atoms with Gasteiger partial charge < -0.3 is 9.47 Å². The molecule has 0 atom stereocenters. The van der Waals surface area contributed by atoms with Crippen molar-refractivity contribution in [1.29, 1.82) is 0 Å². The largest absolute Gasteiger partial charge is 0.432 e. The zero-order valence-electron chi connectivity index (χ0n) is 26.9. The summed E-state index contributed by atoms with van der Waals surface area (Å²) in [5.74, 6) is -16.4.